The minimum Gasteiger partial charge on any atom is -0.508 e. The Labute approximate surface area is 103 Å². The summed E-state index contributed by atoms with van der Waals surface area (Å²) >= 11 is 0. The number of hydrogen-bond acceptors (Lipinski definition) is 4. The van der Waals surface area contributed by atoms with Crippen molar-refractivity contribution in [3.63, 3.8) is 0 Å². The first-order valence-electron chi connectivity index (χ1n) is 5.15. The van der Waals surface area contributed by atoms with Crippen LogP contribution in [-0.2, 0) is 0 Å². The maximum atomic E-state index is 10.9. The van der Waals surface area contributed by atoms with Crippen molar-refractivity contribution >= 4 is 5.91 Å². The topological polar surface area (TPSA) is 92.8 Å². The van der Waals surface area contributed by atoms with Crippen LogP contribution < -0.4 is 10.5 Å². The second-order valence-electron chi connectivity index (χ2n) is 3.68. The van der Waals surface area contributed by atoms with Gasteiger partial charge in [-0.2, -0.15) is 0 Å². The average Bonchev–Trinajstić information content (AvgIpc) is 2.28. The minimum absolute atomic E-state index is 0.0984. The Bertz CT molecular complexity index is 558. The minimum atomic E-state index is -0.517. The number of primary amides is 1. The Kier molecular flexibility index (Phi) is 3.05. The third kappa shape index (κ3) is 2.70. The van der Waals surface area contributed by atoms with Gasteiger partial charge in [0.15, 0.2) is 0 Å². The normalized spacial score (nSPS) is 10.0. The Hall–Kier alpha value is -2.69. The van der Waals surface area contributed by atoms with E-state index in [1.54, 1.807) is 12.1 Å². The average molecular weight is 245 g/mol. The van der Waals surface area contributed by atoms with Crippen LogP contribution in [-0.4, -0.2) is 16.1 Å². The maximum absolute atomic E-state index is 10.9. The molecule has 0 unspecified atom stereocenters. The Morgan fingerprint density at radius 1 is 0.944 bits per heavy atom. The maximum Gasteiger partial charge on any atom is 0.248 e. The number of phenolic OH excluding ortho intramolecular Hbond substituents is 2. The zero-order valence-electron chi connectivity index (χ0n) is 9.33. The lowest BCUT2D eigenvalue weighted by Gasteiger charge is -2.07. The summed E-state index contributed by atoms with van der Waals surface area (Å²) in [5, 5.41) is 18.6. The molecule has 0 atom stereocenters. The van der Waals surface area contributed by atoms with Crippen molar-refractivity contribution in [3.8, 4) is 23.0 Å². The molecule has 2 rings (SSSR count). The summed E-state index contributed by atoms with van der Waals surface area (Å²) in [7, 11) is 0. The molecule has 18 heavy (non-hydrogen) atoms. The van der Waals surface area contributed by atoms with Crippen molar-refractivity contribution in [3.05, 3.63) is 48.0 Å². The van der Waals surface area contributed by atoms with E-state index in [0.717, 1.165) is 0 Å². The van der Waals surface area contributed by atoms with Crippen molar-refractivity contribution in [1.29, 1.82) is 0 Å². The van der Waals surface area contributed by atoms with Gasteiger partial charge in [0.2, 0.25) is 5.91 Å². The predicted octanol–water partition coefficient (Wildman–Crippen LogP) is 1.99. The number of hydrogen-bond donors (Lipinski definition) is 3. The summed E-state index contributed by atoms with van der Waals surface area (Å²) in [6, 6.07) is 10.1. The monoisotopic (exact) mass is 245 g/mol. The summed E-state index contributed by atoms with van der Waals surface area (Å²) in [4.78, 5) is 10.9. The first kappa shape index (κ1) is 11.8. The van der Waals surface area contributed by atoms with Crippen LogP contribution in [0.3, 0.4) is 0 Å². The number of nitrogens with two attached hydrogens (primary N) is 1. The van der Waals surface area contributed by atoms with E-state index in [9.17, 15) is 15.0 Å². The predicted molar refractivity (Wildman–Crippen MR) is 64.8 cm³/mol. The van der Waals surface area contributed by atoms with E-state index < -0.39 is 5.91 Å². The van der Waals surface area contributed by atoms with Crippen LogP contribution in [0, 0.1) is 0 Å². The van der Waals surface area contributed by atoms with Crippen LogP contribution in [0.2, 0.25) is 0 Å². The lowest BCUT2D eigenvalue weighted by atomic mass is 10.2. The summed E-state index contributed by atoms with van der Waals surface area (Å²) in [5.74, 6) is 0.0402. The highest BCUT2D eigenvalue weighted by molar-refractivity contribution is 5.92. The van der Waals surface area contributed by atoms with Crippen molar-refractivity contribution in [2.24, 2.45) is 5.73 Å². The highest BCUT2D eigenvalue weighted by Crippen LogP contribution is 2.29. The number of aromatic hydroxyl groups is 2. The number of carbonyl (C=O) groups excluding carboxylic acids is 1. The summed E-state index contributed by atoms with van der Waals surface area (Å²) < 4.78 is 5.40. The quantitative estimate of drug-likeness (QED) is 0.770. The first-order chi connectivity index (χ1) is 8.54. The van der Waals surface area contributed by atoms with E-state index in [4.69, 9.17) is 10.5 Å². The third-order valence-corrected chi connectivity index (χ3v) is 2.25. The van der Waals surface area contributed by atoms with Gasteiger partial charge in [-0.15, -0.1) is 0 Å². The highest BCUT2D eigenvalue weighted by Gasteiger charge is 2.03. The van der Waals surface area contributed by atoms with Gasteiger partial charge in [-0.3, -0.25) is 4.79 Å². The molecule has 2 aromatic carbocycles. The molecule has 0 spiro atoms. The molecule has 0 fully saturated rings. The van der Waals surface area contributed by atoms with E-state index in [2.05, 4.69) is 0 Å². The van der Waals surface area contributed by atoms with Crippen molar-refractivity contribution < 1.29 is 19.7 Å². The smallest absolute Gasteiger partial charge is 0.248 e. The van der Waals surface area contributed by atoms with Crippen LogP contribution in [0.4, 0.5) is 0 Å². The molecule has 0 aromatic heterocycles. The molecule has 2 aromatic rings. The van der Waals surface area contributed by atoms with Crippen molar-refractivity contribution in [1.82, 2.24) is 0 Å². The van der Waals surface area contributed by atoms with Crippen molar-refractivity contribution in [2.45, 2.75) is 0 Å². The molecule has 0 bridgehead atoms. The second-order valence-corrected chi connectivity index (χ2v) is 3.68. The number of phenols is 2. The zero-order valence-corrected chi connectivity index (χ0v) is 9.33. The van der Waals surface area contributed by atoms with Gasteiger partial charge in [-0.1, -0.05) is 0 Å². The Balaban J connectivity index is 2.20. The highest BCUT2D eigenvalue weighted by atomic mass is 16.5. The SMILES string of the molecule is NC(=O)c1ccc(Oc2cc(O)cc(O)c2)cc1. The van der Waals surface area contributed by atoms with Gasteiger partial charge in [0.25, 0.3) is 0 Å². The van der Waals surface area contributed by atoms with E-state index in [0.29, 0.717) is 17.1 Å². The van der Waals surface area contributed by atoms with Gasteiger partial charge in [0, 0.05) is 23.8 Å². The fourth-order valence-corrected chi connectivity index (χ4v) is 1.45. The van der Waals surface area contributed by atoms with Gasteiger partial charge >= 0.3 is 0 Å². The van der Waals surface area contributed by atoms with Gasteiger partial charge in [-0.25, -0.2) is 0 Å². The fourth-order valence-electron chi connectivity index (χ4n) is 1.45. The Morgan fingerprint density at radius 3 is 2.00 bits per heavy atom. The molecule has 5 nitrogen and oxygen atoms in total. The number of rotatable bonds is 3. The Morgan fingerprint density at radius 2 is 1.50 bits per heavy atom. The van der Waals surface area contributed by atoms with Crippen LogP contribution in [0.15, 0.2) is 42.5 Å². The van der Waals surface area contributed by atoms with E-state index in [-0.39, 0.29) is 11.5 Å². The van der Waals surface area contributed by atoms with E-state index >= 15 is 0 Å². The summed E-state index contributed by atoms with van der Waals surface area (Å²) in [6.07, 6.45) is 0. The van der Waals surface area contributed by atoms with Crippen LogP contribution in [0.1, 0.15) is 10.4 Å². The van der Waals surface area contributed by atoms with Crippen molar-refractivity contribution in [2.75, 3.05) is 0 Å². The largest absolute Gasteiger partial charge is 0.508 e. The zero-order chi connectivity index (χ0) is 13.1. The standard InChI is InChI=1S/C13H11NO4/c14-13(17)8-1-3-11(4-2-8)18-12-6-9(15)5-10(16)7-12/h1-7,15-16H,(H2,14,17). The van der Waals surface area contributed by atoms with Crippen LogP contribution >= 0.6 is 0 Å². The molecule has 0 heterocycles. The number of ether oxygens (including phenoxy) is 1. The fraction of sp³-hybridized carbons (Fsp3) is 0. The molecular weight excluding hydrogens is 234 g/mol. The molecule has 0 aliphatic rings. The molecule has 92 valence electrons. The molecule has 0 aliphatic carbocycles. The number of benzene rings is 2. The summed E-state index contributed by atoms with van der Waals surface area (Å²) in [5.41, 5.74) is 5.49. The molecule has 0 saturated heterocycles. The molecule has 5 heteroatoms. The van der Waals surface area contributed by atoms with Gasteiger partial charge in [0.05, 0.1) is 0 Å². The second kappa shape index (κ2) is 4.67. The number of carbonyl (C=O) groups is 1. The lowest BCUT2D eigenvalue weighted by Crippen LogP contribution is -2.10. The molecule has 1 amide bonds. The van der Waals surface area contributed by atoms with Crippen LogP contribution in [0.25, 0.3) is 0 Å². The number of amides is 1. The molecule has 0 radical (unpaired) electrons. The lowest BCUT2D eigenvalue weighted by molar-refractivity contribution is 0.100. The van der Waals surface area contributed by atoms with E-state index in [1.807, 2.05) is 0 Å². The van der Waals surface area contributed by atoms with E-state index in [1.165, 1.54) is 30.3 Å². The molecule has 4 N–H and O–H groups in total. The van der Waals surface area contributed by atoms with Gasteiger partial charge in [-0.05, 0) is 24.3 Å². The molecule has 0 aliphatic heterocycles. The van der Waals surface area contributed by atoms with Gasteiger partial charge < -0.3 is 20.7 Å². The molecule has 0 saturated carbocycles. The van der Waals surface area contributed by atoms with Gasteiger partial charge in [0.1, 0.15) is 23.0 Å². The molecular formula is C13H11NO4. The first-order valence-corrected chi connectivity index (χ1v) is 5.15. The van der Waals surface area contributed by atoms with Crippen LogP contribution in [0.5, 0.6) is 23.0 Å². The summed E-state index contributed by atoms with van der Waals surface area (Å²) in [6.45, 7) is 0. The third-order valence-electron chi connectivity index (χ3n) is 2.25.